The summed E-state index contributed by atoms with van der Waals surface area (Å²) >= 11 is 0. The topological polar surface area (TPSA) is 75.6 Å². The fourth-order valence-electron chi connectivity index (χ4n) is 1.70. The monoisotopic (exact) mass is 259 g/mol. The Morgan fingerprint density at radius 3 is 2.28 bits per heavy atom. The van der Waals surface area contributed by atoms with Gasteiger partial charge in [-0.2, -0.15) is 0 Å². The Morgan fingerprint density at radius 1 is 1.22 bits per heavy atom. The first kappa shape index (κ1) is 16.9. The van der Waals surface area contributed by atoms with Gasteiger partial charge in [0.25, 0.3) is 0 Å². The first-order valence-corrected chi connectivity index (χ1v) is 6.41. The maximum Gasteiger partial charge on any atom is 0.303 e. The second kappa shape index (κ2) is 8.91. The Kier molecular flexibility index (Phi) is 8.37. The summed E-state index contributed by atoms with van der Waals surface area (Å²) in [7, 11) is 0. The highest BCUT2D eigenvalue weighted by Crippen LogP contribution is 2.14. The van der Waals surface area contributed by atoms with E-state index in [1.54, 1.807) is 0 Å². The number of carboxylic acid groups (broad SMARTS) is 1. The molecule has 0 aromatic heterocycles. The van der Waals surface area contributed by atoms with Crippen LogP contribution >= 0.6 is 0 Å². The molecule has 0 bridgehead atoms. The number of hydrogen-bond donors (Lipinski definition) is 2. The van der Waals surface area contributed by atoms with E-state index < -0.39 is 5.97 Å². The molecule has 0 radical (unpaired) electrons. The summed E-state index contributed by atoms with van der Waals surface area (Å²) in [6.07, 6.45) is 0.891. The fraction of sp³-hybridized carbons (Fsp3) is 0.846. The lowest BCUT2D eigenvalue weighted by Crippen LogP contribution is -2.34. The Morgan fingerprint density at radius 2 is 1.83 bits per heavy atom. The average molecular weight is 259 g/mol. The van der Waals surface area contributed by atoms with E-state index in [1.807, 2.05) is 27.7 Å². The highest BCUT2D eigenvalue weighted by molar-refractivity contribution is 5.77. The average Bonchev–Trinajstić information content (AvgIpc) is 2.21. The molecule has 0 rings (SSSR count). The van der Waals surface area contributed by atoms with E-state index in [-0.39, 0.29) is 31.0 Å². The van der Waals surface area contributed by atoms with Crippen molar-refractivity contribution in [1.82, 2.24) is 5.32 Å². The molecule has 0 saturated carbocycles. The normalized spacial score (nSPS) is 12.8. The van der Waals surface area contributed by atoms with Gasteiger partial charge in [0, 0.05) is 13.0 Å². The van der Waals surface area contributed by atoms with Gasteiger partial charge in [0.2, 0.25) is 5.91 Å². The van der Waals surface area contributed by atoms with Crippen molar-refractivity contribution in [2.45, 2.75) is 46.6 Å². The molecule has 106 valence electrons. The van der Waals surface area contributed by atoms with Gasteiger partial charge in [0.05, 0.1) is 6.10 Å². The summed E-state index contributed by atoms with van der Waals surface area (Å²) in [6.45, 7) is 8.22. The molecular weight excluding hydrogens is 234 g/mol. The third kappa shape index (κ3) is 10.1. The van der Waals surface area contributed by atoms with E-state index in [2.05, 4.69) is 5.32 Å². The number of carbonyl (C=O) groups is 2. The van der Waals surface area contributed by atoms with E-state index in [0.29, 0.717) is 12.5 Å². The van der Waals surface area contributed by atoms with Gasteiger partial charge in [0.1, 0.15) is 6.61 Å². The van der Waals surface area contributed by atoms with Crippen LogP contribution in [0.5, 0.6) is 0 Å². The third-order valence-electron chi connectivity index (χ3n) is 2.40. The third-order valence-corrected chi connectivity index (χ3v) is 2.40. The van der Waals surface area contributed by atoms with Crippen molar-refractivity contribution in [1.29, 1.82) is 0 Å². The maximum absolute atomic E-state index is 11.4. The molecule has 0 aliphatic heterocycles. The van der Waals surface area contributed by atoms with Crippen LogP contribution in [0.4, 0.5) is 0 Å². The SMILES string of the molecule is CC(C)C[C@H](CNC(=O)COC(C)C)CC(=O)O. The molecule has 0 fully saturated rings. The van der Waals surface area contributed by atoms with E-state index in [1.165, 1.54) is 0 Å². The molecule has 5 nitrogen and oxygen atoms in total. The number of nitrogens with one attached hydrogen (secondary N) is 1. The number of ether oxygens (including phenoxy) is 1. The molecule has 18 heavy (non-hydrogen) atoms. The Hall–Kier alpha value is -1.10. The summed E-state index contributed by atoms with van der Waals surface area (Å²) in [5.74, 6) is -0.625. The van der Waals surface area contributed by atoms with Crippen LogP contribution < -0.4 is 5.32 Å². The van der Waals surface area contributed by atoms with Crippen LogP contribution in [0.3, 0.4) is 0 Å². The second-order valence-corrected chi connectivity index (χ2v) is 5.26. The second-order valence-electron chi connectivity index (χ2n) is 5.26. The standard InChI is InChI=1S/C13H25NO4/c1-9(2)5-11(6-13(16)17)7-14-12(15)8-18-10(3)4/h9-11H,5-8H2,1-4H3,(H,14,15)(H,16,17)/t11-/m0/s1. The van der Waals surface area contributed by atoms with Crippen molar-refractivity contribution in [2.75, 3.05) is 13.2 Å². The predicted octanol–water partition coefficient (Wildman–Crippen LogP) is 1.66. The van der Waals surface area contributed by atoms with Gasteiger partial charge in [-0.05, 0) is 32.1 Å². The maximum atomic E-state index is 11.4. The van der Waals surface area contributed by atoms with E-state index in [0.717, 1.165) is 6.42 Å². The lowest BCUT2D eigenvalue weighted by molar-refractivity contribution is -0.138. The fourth-order valence-corrected chi connectivity index (χ4v) is 1.70. The summed E-state index contributed by atoms with van der Waals surface area (Å²) < 4.78 is 5.17. The van der Waals surface area contributed by atoms with Crippen LogP contribution in [0.1, 0.15) is 40.5 Å². The van der Waals surface area contributed by atoms with Crippen molar-refractivity contribution < 1.29 is 19.4 Å². The minimum absolute atomic E-state index is 0.0150. The van der Waals surface area contributed by atoms with Crippen molar-refractivity contribution in [2.24, 2.45) is 11.8 Å². The van der Waals surface area contributed by atoms with Crippen molar-refractivity contribution in [3.05, 3.63) is 0 Å². The summed E-state index contributed by atoms with van der Waals surface area (Å²) in [5.41, 5.74) is 0. The summed E-state index contributed by atoms with van der Waals surface area (Å²) in [6, 6.07) is 0. The van der Waals surface area contributed by atoms with Gasteiger partial charge < -0.3 is 15.2 Å². The molecule has 1 amide bonds. The smallest absolute Gasteiger partial charge is 0.303 e. The van der Waals surface area contributed by atoms with E-state index in [9.17, 15) is 9.59 Å². The zero-order valence-corrected chi connectivity index (χ0v) is 11.7. The van der Waals surface area contributed by atoms with Crippen LogP contribution in [-0.2, 0) is 14.3 Å². The molecule has 0 aromatic rings. The molecule has 5 heteroatoms. The number of hydrogen-bond acceptors (Lipinski definition) is 3. The van der Waals surface area contributed by atoms with Gasteiger partial charge in [-0.3, -0.25) is 9.59 Å². The molecule has 2 N–H and O–H groups in total. The predicted molar refractivity (Wildman–Crippen MR) is 69.3 cm³/mol. The molecule has 0 spiro atoms. The van der Waals surface area contributed by atoms with Gasteiger partial charge >= 0.3 is 5.97 Å². The Balaban J connectivity index is 4.00. The van der Waals surface area contributed by atoms with E-state index in [4.69, 9.17) is 9.84 Å². The van der Waals surface area contributed by atoms with Gasteiger partial charge in [-0.15, -0.1) is 0 Å². The number of aliphatic carboxylic acids is 1. The highest BCUT2D eigenvalue weighted by Gasteiger charge is 2.16. The largest absolute Gasteiger partial charge is 0.481 e. The number of carbonyl (C=O) groups excluding carboxylic acids is 1. The zero-order chi connectivity index (χ0) is 14.1. The molecule has 0 saturated heterocycles. The number of carboxylic acids is 1. The lowest BCUT2D eigenvalue weighted by atomic mass is 9.94. The quantitative estimate of drug-likeness (QED) is 0.660. The van der Waals surface area contributed by atoms with Gasteiger partial charge in [-0.1, -0.05) is 13.8 Å². The molecule has 0 aliphatic carbocycles. The molecule has 0 heterocycles. The van der Waals surface area contributed by atoms with Crippen LogP contribution in [0.25, 0.3) is 0 Å². The minimum atomic E-state index is -0.826. The van der Waals surface area contributed by atoms with Crippen LogP contribution in [0.15, 0.2) is 0 Å². The first-order chi connectivity index (χ1) is 8.31. The van der Waals surface area contributed by atoms with Crippen LogP contribution in [-0.4, -0.2) is 36.2 Å². The van der Waals surface area contributed by atoms with Crippen molar-refractivity contribution >= 4 is 11.9 Å². The van der Waals surface area contributed by atoms with Crippen molar-refractivity contribution in [3.63, 3.8) is 0 Å². The van der Waals surface area contributed by atoms with Crippen molar-refractivity contribution in [3.8, 4) is 0 Å². The summed E-state index contributed by atoms with van der Waals surface area (Å²) in [5, 5.41) is 11.5. The highest BCUT2D eigenvalue weighted by atomic mass is 16.5. The number of rotatable bonds is 9. The molecule has 0 aromatic carbocycles. The molecular formula is C13H25NO4. The van der Waals surface area contributed by atoms with Gasteiger partial charge in [-0.25, -0.2) is 0 Å². The first-order valence-electron chi connectivity index (χ1n) is 6.41. The number of amides is 1. The minimum Gasteiger partial charge on any atom is -0.481 e. The molecule has 0 aliphatic rings. The van der Waals surface area contributed by atoms with Crippen LogP contribution in [0, 0.1) is 11.8 Å². The lowest BCUT2D eigenvalue weighted by Gasteiger charge is -2.18. The molecule has 0 unspecified atom stereocenters. The zero-order valence-electron chi connectivity index (χ0n) is 11.7. The molecule has 1 atom stereocenters. The Bertz CT molecular complexity index is 264. The van der Waals surface area contributed by atoms with Gasteiger partial charge in [0.15, 0.2) is 0 Å². The van der Waals surface area contributed by atoms with E-state index >= 15 is 0 Å². The summed E-state index contributed by atoms with van der Waals surface area (Å²) in [4.78, 5) is 22.2. The van der Waals surface area contributed by atoms with Crippen LogP contribution in [0.2, 0.25) is 0 Å². The Labute approximate surface area is 109 Å².